The average molecular weight is 269 g/mol. The number of halogens is 2. The minimum absolute atomic E-state index is 0.222. The number of hydrogen-bond donors (Lipinski definition) is 0. The maximum Gasteiger partial charge on any atom is 0.128 e. The standard InChI is InChI=1S/C11H10BrFN2/c1-2-15-10(7-11(12)14-15)8-3-5-9(13)6-4-8/h3-7H,2H2,1H3. The molecule has 1 aromatic heterocycles. The fraction of sp³-hybridized carbons (Fsp3) is 0.182. The van der Waals surface area contributed by atoms with Gasteiger partial charge in [-0.2, -0.15) is 5.10 Å². The van der Waals surface area contributed by atoms with Crippen molar-refractivity contribution < 1.29 is 4.39 Å². The minimum atomic E-state index is -0.222. The van der Waals surface area contributed by atoms with Crippen LogP contribution in [0.2, 0.25) is 0 Å². The first-order valence-electron chi connectivity index (χ1n) is 4.70. The summed E-state index contributed by atoms with van der Waals surface area (Å²) >= 11 is 3.33. The van der Waals surface area contributed by atoms with Crippen LogP contribution in [0.5, 0.6) is 0 Å². The molecule has 0 atom stereocenters. The highest BCUT2D eigenvalue weighted by atomic mass is 79.9. The second kappa shape index (κ2) is 4.14. The number of benzene rings is 1. The molecule has 2 rings (SSSR count). The Morgan fingerprint density at radius 3 is 2.60 bits per heavy atom. The van der Waals surface area contributed by atoms with Crippen LogP contribution in [0.1, 0.15) is 6.92 Å². The summed E-state index contributed by atoms with van der Waals surface area (Å²) in [6, 6.07) is 8.35. The molecule has 0 aliphatic heterocycles. The Labute approximate surface area is 95.9 Å². The van der Waals surface area contributed by atoms with Gasteiger partial charge in [0.25, 0.3) is 0 Å². The predicted molar refractivity (Wildman–Crippen MR) is 61.0 cm³/mol. The van der Waals surface area contributed by atoms with Crippen molar-refractivity contribution in [3.63, 3.8) is 0 Å². The topological polar surface area (TPSA) is 17.8 Å². The lowest BCUT2D eigenvalue weighted by atomic mass is 10.1. The van der Waals surface area contributed by atoms with E-state index in [-0.39, 0.29) is 5.82 Å². The molecule has 0 aliphatic rings. The largest absolute Gasteiger partial charge is 0.264 e. The summed E-state index contributed by atoms with van der Waals surface area (Å²) in [7, 11) is 0. The average Bonchev–Trinajstić information content (AvgIpc) is 2.61. The van der Waals surface area contributed by atoms with E-state index in [1.165, 1.54) is 12.1 Å². The molecule has 0 amide bonds. The molecule has 1 heterocycles. The first kappa shape index (κ1) is 10.4. The van der Waals surface area contributed by atoms with Crippen LogP contribution in [0.4, 0.5) is 4.39 Å². The van der Waals surface area contributed by atoms with Crippen LogP contribution in [-0.4, -0.2) is 9.78 Å². The normalized spacial score (nSPS) is 10.6. The lowest BCUT2D eigenvalue weighted by molar-refractivity contribution is 0.627. The summed E-state index contributed by atoms with van der Waals surface area (Å²) in [5, 5.41) is 4.27. The quantitative estimate of drug-likeness (QED) is 0.816. The van der Waals surface area contributed by atoms with Gasteiger partial charge in [-0.3, -0.25) is 4.68 Å². The summed E-state index contributed by atoms with van der Waals surface area (Å²) in [6.07, 6.45) is 0. The number of hydrogen-bond acceptors (Lipinski definition) is 1. The van der Waals surface area contributed by atoms with E-state index in [0.29, 0.717) is 0 Å². The SMILES string of the molecule is CCn1nc(Br)cc1-c1ccc(F)cc1. The van der Waals surface area contributed by atoms with Crippen LogP contribution in [-0.2, 0) is 6.54 Å². The fourth-order valence-corrected chi connectivity index (χ4v) is 1.89. The molecular formula is C11H10BrFN2. The van der Waals surface area contributed by atoms with Crippen LogP contribution < -0.4 is 0 Å². The molecule has 0 saturated carbocycles. The summed E-state index contributed by atoms with van der Waals surface area (Å²) in [5.74, 6) is -0.222. The van der Waals surface area contributed by atoms with E-state index in [1.807, 2.05) is 17.7 Å². The van der Waals surface area contributed by atoms with Crippen LogP contribution in [0, 0.1) is 5.82 Å². The third kappa shape index (κ3) is 2.09. The van der Waals surface area contributed by atoms with Crippen LogP contribution in [0.15, 0.2) is 34.9 Å². The molecule has 78 valence electrons. The summed E-state index contributed by atoms with van der Waals surface area (Å²) in [6.45, 7) is 2.81. The monoisotopic (exact) mass is 268 g/mol. The third-order valence-corrected chi connectivity index (χ3v) is 2.58. The second-order valence-electron chi connectivity index (χ2n) is 3.17. The maximum absolute atomic E-state index is 12.8. The Morgan fingerprint density at radius 2 is 2.00 bits per heavy atom. The van der Waals surface area contributed by atoms with E-state index in [1.54, 1.807) is 12.1 Å². The molecular weight excluding hydrogens is 259 g/mol. The zero-order valence-electron chi connectivity index (χ0n) is 8.24. The molecule has 0 N–H and O–H groups in total. The first-order chi connectivity index (χ1) is 7.20. The molecule has 0 fully saturated rings. The smallest absolute Gasteiger partial charge is 0.128 e. The lowest BCUT2D eigenvalue weighted by Crippen LogP contribution is -1.98. The van der Waals surface area contributed by atoms with Gasteiger partial charge in [0, 0.05) is 12.1 Å². The highest BCUT2D eigenvalue weighted by molar-refractivity contribution is 9.10. The van der Waals surface area contributed by atoms with E-state index in [0.717, 1.165) is 22.4 Å². The van der Waals surface area contributed by atoms with Gasteiger partial charge in [0.15, 0.2) is 0 Å². The van der Waals surface area contributed by atoms with Gasteiger partial charge >= 0.3 is 0 Å². The van der Waals surface area contributed by atoms with E-state index in [2.05, 4.69) is 21.0 Å². The van der Waals surface area contributed by atoms with Crippen molar-refractivity contribution in [2.45, 2.75) is 13.5 Å². The van der Waals surface area contributed by atoms with Crippen molar-refractivity contribution in [2.75, 3.05) is 0 Å². The summed E-state index contributed by atoms with van der Waals surface area (Å²) in [5.41, 5.74) is 1.96. The van der Waals surface area contributed by atoms with E-state index < -0.39 is 0 Å². The first-order valence-corrected chi connectivity index (χ1v) is 5.49. The van der Waals surface area contributed by atoms with Crippen LogP contribution in [0.3, 0.4) is 0 Å². The van der Waals surface area contributed by atoms with E-state index >= 15 is 0 Å². The van der Waals surface area contributed by atoms with Crippen molar-refractivity contribution >= 4 is 15.9 Å². The molecule has 4 heteroatoms. The summed E-state index contributed by atoms with van der Waals surface area (Å²) < 4.78 is 15.4. The van der Waals surface area contributed by atoms with Gasteiger partial charge in [-0.1, -0.05) is 0 Å². The number of aromatic nitrogens is 2. The molecule has 15 heavy (non-hydrogen) atoms. The van der Waals surface area contributed by atoms with Gasteiger partial charge in [-0.15, -0.1) is 0 Å². The second-order valence-corrected chi connectivity index (χ2v) is 3.99. The third-order valence-electron chi connectivity index (χ3n) is 2.19. The molecule has 0 saturated heterocycles. The molecule has 0 bridgehead atoms. The van der Waals surface area contributed by atoms with E-state index in [9.17, 15) is 4.39 Å². The number of rotatable bonds is 2. The van der Waals surface area contributed by atoms with Crippen LogP contribution >= 0.6 is 15.9 Å². The van der Waals surface area contributed by atoms with Gasteiger partial charge in [0.1, 0.15) is 10.4 Å². The molecule has 2 nitrogen and oxygen atoms in total. The Bertz CT molecular complexity index is 462. The molecule has 0 aliphatic carbocycles. The molecule has 1 aromatic carbocycles. The highest BCUT2D eigenvalue weighted by Crippen LogP contribution is 2.23. The fourth-order valence-electron chi connectivity index (χ4n) is 1.48. The van der Waals surface area contributed by atoms with E-state index in [4.69, 9.17) is 0 Å². The molecule has 2 aromatic rings. The predicted octanol–water partition coefficient (Wildman–Crippen LogP) is 3.47. The van der Waals surface area contributed by atoms with Gasteiger partial charge in [-0.25, -0.2) is 4.39 Å². The van der Waals surface area contributed by atoms with Gasteiger partial charge in [-0.05, 0) is 53.2 Å². The van der Waals surface area contributed by atoms with Crippen molar-refractivity contribution in [3.05, 3.63) is 40.8 Å². The van der Waals surface area contributed by atoms with Gasteiger partial charge in [0.05, 0.1) is 5.69 Å². The van der Waals surface area contributed by atoms with Crippen molar-refractivity contribution in [1.82, 2.24) is 9.78 Å². The minimum Gasteiger partial charge on any atom is -0.264 e. The Morgan fingerprint density at radius 1 is 1.33 bits per heavy atom. The van der Waals surface area contributed by atoms with Crippen LogP contribution in [0.25, 0.3) is 11.3 Å². The molecule has 0 unspecified atom stereocenters. The Kier molecular flexibility index (Phi) is 2.86. The lowest BCUT2D eigenvalue weighted by Gasteiger charge is -2.03. The van der Waals surface area contributed by atoms with Crippen molar-refractivity contribution in [2.24, 2.45) is 0 Å². The zero-order valence-corrected chi connectivity index (χ0v) is 9.83. The number of aryl methyl sites for hydroxylation is 1. The Balaban J connectivity index is 2.48. The van der Waals surface area contributed by atoms with Gasteiger partial charge < -0.3 is 0 Å². The zero-order chi connectivity index (χ0) is 10.8. The maximum atomic E-state index is 12.8. The number of nitrogens with zero attached hydrogens (tertiary/aromatic N) is 2. The van der Waals surface area contributed by atoms with Gasteiger partial charge in [0.2, 0.25) is 0 Å². The molecule has 0 spiro atoms. The van der Waals surface area contributed by atoms with Crippen molar-refractivity contribution in [1.29, 1.82) is 0 Å². The summed E-state index contributed by atoms with van der Waals surface area (Å²) in [4.78, 5) is 0. The Hall–Kier alpha value is -1.16. The highest BCUT2D eigenvalue weighted by Gasteiger charge is 2.06. The van der Waals surface area contributed by atoms with Crippen molar-refractivity contribution in [3.8, 4) is 11.3 Å². The molecule has 0 radical (unpaired) electrons.